The van der Waals surface area contributed by atoms with Crippen LogP contribution >= 0.6 is 0 Å². The van der Waals surface area contributed by atoms with Crippen LogP contribution in [0.5, 0.6) is 0 Å². The van der Waals surface area contributed by atoms with Crippen LogP contribution in [0, 0.1) is 0 Å². The molecule has 0 bridgehead atoms. The second-order valence-electron chi connectivity index (χ2n) is 11.4. The first-order valence-corrected chi connectivity index (χ1v) is 14.1. The van der Waals surface area contributed by atoms with Gasteiger partial charge in [0.05, 0.1) is 12.5 Å². The van der Waals surface area contributed by atoms with Gasteiger partial charge in [-0.15, -0.1) is 0 Å². The molecule has 232 valence electrons. The van der Waals surface area contributed by atoms with Crippen LogP contribution in [0.2, 0.25) is 0 Å². The molecule has 0 N–H and O–H groups in total. The predicted octanol–water partition coefficient (Wildman–Crippen LogP) is 7.16. The normalized spacial score (nSPS) is 17.3. The number of benzene rings is 2. The molecular formula is C32H35F6N3O2. The third kappa shape index (κ3) is 7.75. The summed E-state index contributed by atoms with van der Waals surface area (Å²) in [5, 5.41) is 0. The van der Waals surface area contributed by atoms with Gasteiger partial charge in [-0.1, -0.05) is 48.5 Å². The molecule has 2 aromatic carbocycles. The Kier molecular flexibility index (Phi) is 9.86. The van der Waals surface area contributed by atoms with Crippen molar-refractivity contribution in [3.05, 3.63) is 89.7 Å². The SMILES string of the molecule is CC(C)OC(=O)C[C@H]1CN(Cc2ccc(-c3ccc(C(C)(C(F)(F)F)C(F)(F)F)cc3)cc2)CCN1Cc1ccncc1. The summed E-state index contributed by atoms with van der Waals surface area (Å²) in [5.41, 5.74) is -1.54. The lowest BCUT2D eigenvalue weighted by molar-refractivity contribution is -0.297. The van der Waals surface area contributed by atoms with E-state index >= 15 is 0 Å². The zero-order valence-electron chi connectivity index (χ0n) is 24.3. The Hall–Kier alpha value is -3.44. The monoisotopic (exact) mass is 607 g/mol. The molecule has 4 rings (SSSR count). The number of carbonyl (C=O) groups is 1. The fraction of sp³-hybridized carbons (Fsp3) is 0.438. The van der Waals surface area contributed by atoms with Crippen LogP contribution in [0.1, 0.15) is 43.9 Å². The minimum Gasteiger partial charge on any atom is -0.463 e. The first-order valence-electron chi connectivity index (χ1n) is 14.1. The van der Waals surface area contributed by atoms with Gasteiger partial charge in [0.25, 0.3) is 0 Å². The minimum absolute atomic E-state index is 0.0509. The molecule has 3 aromatic rings. The minimum atomic E-state index is -5.49. The number of esters is 1. The molecule has 1 atom stereocenters. The van der Waals surface area contributed by atoms with Gasteiger partial charge >= 0.3 is 18.3 Å². The maximum atomic E-state index is 13.5. The largest absolute Gasteiger partial charge is 0.463 e. The summed E-state index contributed by atoms with van der Waals surface area (Å²) in [4.78, 5) is 21.2. The molecule has 1 aromatic heterocycles. The number of aromatic nitrogens is 1. The summed E-state index contributed by atoms with van der Waals surface area (Å²) in [5.74, 6) is -0.247. The Morgan fingerprint density at radius 3 is 1.91 bits per heavy atom. The lowest BCUT2D eigenvalue weighted by Crippen LogP contribution is -2.53. The van der Waals surface area contributed by atoms with E-state index in [-0.39, 0.29) is 31.5 Å². The molecule has 43 heavy (non-hydrogen) atoms. The summed E-state index contributed by atoms with van der Waals surface area (Å²) in [6, 6.07) is 15.6. The van der Waals surface area contributed by atoms with Crippen LogP contribution in [-0.4, -0.2) is 64.9 Å². The summed E-state index contributed by atoms with van der Waals surface area (Å²) < 4.78 is 86.1. The highest BCUT2D eigenvalue weighted by molar-refractivity contribution is 5.70. The molecule has 1 aliphatic heterocycles. The standard InChI is InChI=1S/C32H35F6N3O2/c1-22(2)43-29(42)18-28-21-40(16-17-41(28)20-24-12-14-39-15-13-24)19-23-4-6-25(7-5-23)26-8-10-27(11-9-26)30(3,31(33,34)35)32(36,37)38/h4-15,22,28H,16-21H2,1-3H3/t28-/m0/s1. The highest BCUT2D eigenvalue weighted by Gasteiger charge is 2.68. The molecule has 1 fully saturated rings. The zero-order valence-corrected chi connectivity index (χ0v) is 24.3. The average Bonchev–Trinajstić information content (AvgIpc) is 2.93. The number of rotatable bonds is 9. The first kappa shape index (κ1) is 32.5. The van der Waals surface area contributed by atoms with Crippen LogP contribution in [-0.2, 0) is 28.0 Å². The van der Waals surface area contributed by atoms with Gasteiger partial charge in [0.1, 0.15) is 0 Å². The number of ether oxygens (including phenoxy) is 1. The lowest BCUT2D eigenvalue weighted by Gasteiger charge is -2.41. The van der Waals surface area contributed by atoms with Crippen LogP contribution in [0.15, 0.2) is 73.1 Å². The third-order valence-electron chi connectivity index (χ3n) is 7.88. The number of halogens is 6. The van der Waals surface area contributed by atoms with Gasteiger partial charge in [0.2, 0.25) is 0 Å². The van der Waals surface area contributed by atoms with E-state index in [1.54, 1.807) is 24.5 Å². The van der Waals surface area contributed by atoms with Crippen molar-refractivity contribution in [2.75, 3.05) is 19.6 Å². The summed E-state index contributed by atoms with van der Waals surface area (Å²) in [7, 11) is 0. The molecule has 0 radical (unpaired) electrons. The number of alkyl halides is 6. The number of piperazine rings is 1. The fourth-order valence-corrected chi connectivity index (χ4v) is 5.27. The number of carbonyl (C=O) groups excluding carboxylic acids is 1. The third-order valence-corrected chi connectivity index (χ3v) is 7.88. The molecule has 0 amide bonds. The maximum Gasteiger partial charge on any atom is 0.406 e. The van der Waals surface area contributed by atoms with Gasteiger partial charge in [-0.3, -0.25) is 19.6 Å². The number of pyridine rings is 1. The maximum absolute atomic E-state index is 13.5. The summed E-state index contributed by atoms with van der Waals surface area (Å²) in [6.07, 6.45) is -7.44. The Balaban J connectivity index is 1.44. The van der Waals surface area contributed by atoms with Crippen LogP contribution in [0.4, 0.5) is 26.3 Å². The van der Waals surface area contributed by atoms with Gasteiger partial charge in [-0.25, -0.2) is 0 Å². The molecular weight excluding hydrogens is 572 g/mol. The van der Waals surface area contributed by atoms with E-state index in [1.165, 1.54) is 12.1 Å². The van der Waals surface area contributed by atoms with E-state index in [0.29, 0.717) is 30.8 Å². The van der Waals surface area contributed by atoms with Gasteiger partial charge in [-0.2, -0.15) is 26.3 Å². The number of hydrogen-bond acceptors (Lipinski definition) is 5. The van der Waals surface area contributed by atoms with Crippen molar-refractivity contribution >= 4 is 5.97 Å². The van der Waals surface area contributed by atoms with Gasteiger partial charge < -0.3 is 4.74 Å². The first-order chi connectivity index (χ1) is 20.2. The van der Waals surface area contributed by atoms with E-state index in [1.807, 2.05) is 38.1 Å². The van der Waals surface area contributed by atoms with Crippen LogP contribution in [0.3, 0.4) is 0 Å². The van der Waals surface area contributed by atoms with Gasteiger partial charge in [-0.05, 0) is 60.7 Å². The van der Waals surface area contributed by atoms with Crippen LogP contribution < -0.4 is 0 Å². The van der Waals surface area contributed by atoms with E-state index in [9.17, 15) is 31.1 Å². The van der Waals surface area contributed by atoms with E-state index < -0.39 is 23.3 Å². The zero-order chi connectivity index (χ0) is 31.4. The highest BCUT2D eigenvalue weighted by Crippen LogP contribution is 2.51. The van der Waals surface area contributed by atoms with Crippen molar-refractivity contribution < 1.29 is 35.9 Å². The van der Waals surface area contributed by atoms with Crippen molar-refractivity contribution in [2.45, 2.75) is 70.2 Å². The fourth-order valence-electron chi connectivity index (χ4n) is 5.27. The molecule has 1 saturated heterocycles. The molecule has 2 heterocycles. The Labute approximate surface area is 247 Å². The van der Waals surface area contributed by atoms with E-state index in [2.05, 4.69) is 14.8 Å². The molecule has 1 aliphatic rings. The summed E-state index contributed by atoms with van der Waals surface area (Å²) >= 11 is 0. The topological polar surface area (TPSA) is 45.7 Å². The van der Waals surface area contributed by atoms with Gasteiger partial charge in [0, 0.05) is 51.2 Å². The quantitative estimate of drug-likeness (QED) is 0.191. The van der Waals surface area contributed by atoms with Crippen molar-refractivity contribution in [1.82, 2.24) is 14.8 Å². The second kappa shape index (κ2) is 13.1. The molecule has 0 aliphatic carbocycles. The molecule has 11 heteroatoms. The van der Waals surface area contributed by atoms with Crippen molar-refractivity contribution in [3.63, 3.8) is 0 Å². The van der Waals surface area contributed by atoms with Crippen molar-refractivity contribution in [2.24, 2.45) is 0 Å². The molecule has 5 nitrogen and oxygen atoms in total. The van der Waals surface area contributed by atoms with E-state index in [4.69, 9.17) is 4.74 Å². The summed E-state index contributed by atoms with van der Waals surface area (Å²) in [6.45, 7) is 7.29. The predicted molar refractivity (Wildman–Crippen MR) is 151 cm³/mol. The molecule has 0 saturated carbocycles. The Morgan fingerprint density at radius 1 is 0.837 bits per heavy atom. The van der Waals surface area contributed by atoms with Gasteiger partial charge in [0.15, 0.2) is 5.41 Å². The Morgan fingerprint density at radius 2 is 1.37 bits per heavy atom. The van der Waals surface area contributed by atoms with Crippen LogP contribution in [0.25, 0.3) is 11.1 Å². The average molecular weight is 608 g/mol. The van der Waals surface area contributed by atoms with E-state index in [0.717, 1.165) is 36.3 Å². The lowest BCUT2D eigenvalue weighted by atomic mass is 9.80. The molecule has 0 spiro atoms. The smallest absolute Gasteiger partial charge is 0.406 e. The van der Waals surface area contributed by atoms with Crippen molar-refractivity contribution in [3.8, 4) is 11.1 Å². The number of nitrogens with zero attached hydrogens (tertiary/aromatic N) is 3. The Bertz CT molecular complexity index is 1330. The number of hydrogen-bond donors (Lipinski definition) is 0. The molecule has 0 unspecified atom stereocenters. The second-order valence-corrected chi connectivity index (χ2v) is 11.4. The highest BCUT2D eigenvalue weighted by atomic mass is 19.4. The van der Waals surface area contributed by atoms with Crippen molar-refractivity contribution in [1.29, 1.82) is 0 Å².